The van der Waals surface area contributed by atoms with Gasteiger partial charge in [-0.25, -0.2) is 0 Å². The third kappa shape index (κ3) is 4.06. The molecule has 0 aliphatic carbocycles. The zero-order valence-corrected chi connectivity index (χ0v) is 11.5. The van der Waals surface area contributed by atoms with Crippen molar-refractivity contribution < 1.29 is 9.53 Å². The number of hydrogen-bond donors (Lipinski definition) is 1. The Hall–Kier alpha value is -1.51. The number of benzene rings is 1. The molecule has 0 saturated heterocycles. The van der Waals surface area contributed by atoms with Crippen LogP contribution in [0.2, 0.25) is 0 Å². The molecule has 0 fully saturated rings. The molecule has 1 N–H and O–H groups in total. The topological polar surface area (TPSA) is 38.3 Å². The van der Waals surface area contributed by atoms with Gasteiger partial charge in [0.15, 0.2) is 0 Å². The van der Waals surface area contributed by atoms with Crippen LogP contribution in [-0.2, 0) is 4.79 Å². The molecule has 3 nitrogen and oxygen atoms in total. The first-order valence-corrected chi connectivity index (χ1v) is 6.75. The minimum atomic E-state index is 0.0734. The summed E-state index contributed by atoms with van der Waals surface area (Å²) >= 11 is 0. The van der Waals surface area contributed by atoms with Gasteiger partial charge in [0.25, 0.3) is 0 Å². The third-order valence-electron chi connectivity index (χ3n) is 2.96. The van der Waals surface area contributed by atoms with Crippen LogP contribution in [0.1, 0.15) is 40.0 Å². The van der Waals surface area contributed by atoms with Crippen molar-refractivity contribution in [1.29, 1.82) is 0 Å². The minimum absolute atomic E-state index is 0.0734. The van der Waals surface area contributed by atoms with Crippen LogP contribution < -0.4 is 10.1 Å². The average Bonchev–Trinajstić information content (AvgIpc) is 2.39. The number of amides is 1. The van der Waals surface area contributed by atoms with Gasteiger partial charge in [0, 0.05) is 5.92 Å². The van der Waals surface area contributed by atoms with Crippen molar-refractivity contribution in [3.8, 4) is 5.75 Å². The summed E-state index contributed by atoms with van der Waals surface area (Å²) in [5, 5.41) is 2.96. The zero-order chi connectivity index (χ0) is 13.4. The number of carbonyl (C=O) groups excluding carboxylic acids is 1. The van der Waals surface area contributed by atoms with E-state index >= 15 is 0 Å². The summed E-state index contributed by atoms with van der Waals surface area (Å²) in [5.41, 5.74) is 0.767. The van der Waals surface area contributed by atoms with Gasteiger partial charge in [0.1, 0.15) is 5.75 Å². The Morgan fingerprint density at radius 1 is 1.22 bits per heavy atom. The van der Waals surface area contributed by atoms with E-state index in [0.29, 0.717) is 6.61 Å². The van der Waals surface area contributed by atoms with Crippen molar-refractivity contribution in [1.82, 2.24) is 0 Å². The SMILES string of the molecule is CCCOc1ccccc1NC(=O)C(CC)CC. The van der Waals surface area contributed by atoms with E-state index in [4.69, 9.17) is 4.74 Å². The maximum Gasteiger partial charge on any atom is 0.227 e. The van der Waals surface area contributed by atoms with E-state index in [9.17, 15) is 4.79 Å². The van der Waals surface area contributed by atoms with Crippen LogP contribution in [0.3, 0.4) is 0 Å². The summed E-state index contributed by atoms with van der Waals surface area (Å²) in [6, 6.07) is 7.59. The fraction of sp³-hybridized carbons (Fsp3) is 0.533. The van der Waals surface area contributed by atoms with Gasteiger partial charge in [-0.05, 0) is 31.4 Å². The molecule has 0 bridgehead atoms. The first kappa shape index (κ1) is 14.6. The Labute approximate surface area is 110 Å². The number of carbonyl (C=O) groups is 1. The molecule has 0 spiro atoms. The molecule has 0 aromatic heterocycles. The predicted octanol–water partition coefficient (Wildman–Crippen LogP) is 3.85. The monoisotopic (exact) mass is 249 g/mol. The van der Waals surface area contributed by atoms with Crippen molar-refractivity contribution in [2.24, 2.45) is 5.92 Å². The fourth-order valence-electron chi connectivity index (χ4n) is 1.80. The van der Waals surface area contributed by atoms with Gasteiger partial charge >= 0.3 is 0 Å². The maximum atomic E-state index is 12.0. The van der Waals surface area contributed by atoms with E-state index in [1.807, 2.05) is 38.1 Å². The largest absolute Gasteiger partial charge is 0.491 e. The number of para-hydroxylation sites is 2. The number of ether oxygens (including phenoxy) is 1. The summed E-state index contributed by atoms with van der Waals surface area (Å²) in [6.45, 7) is 6.80. The van der Waals surface area contributed by atoms with Crippen LogP contribution in [0.5, 0.6) is 5.75 Å². The van der Waals surface area contributed by atoms with Gasteiger partial charge in [0.2, 0.25) is 5.91 Å². The van der Waals surface area contributed by atoms with Crippen LogP contribution in [0, 0.1) is 5.92 Å². The highest BCUT2D eigenvalue weighted by atomic mass is 16.5. The van der Waals surface area contributed by atoms with Gasteiger partial charge in [-0.3, -0.25) is 4.79 Å². The second kappa shape index (κ2) is 7.75. The number of hydrogen-bond acceptors (Lipinski definition) is 2. The fourth-order valence-corrected chi connectivity index (χ4v) is 1.80. The lowest BCUT2D eigenvalue weighted by atomic mass is 10.0. The molecule has 0 radical (unpaired) electrons. The van der Waals surface area contributed by atoms with Crippen molar-refractivity contribution >= 4 is 11.6 Å². The molecule has 0 aliphatic heterocycles. The summed E-state index contributed by atoms with van der Waals surface area (Å²) in [7, 11) is 0. The maximum absolute atomic E-state index is 12.0. The van der Waals surface area contributed by atoms with Crippen LogP contribution in [0.25, 0.3) is 0 Å². The molecule has 0 aliphatic rings. The van der Waals surface area contributed by atoms with Gasteiger partial charge < -0.3 is 10.1 Å². The molecule has 1 aromatic carbocycles. The molecular weight excluding hydrogens is 226 g/mol. The summed E-state index contributed by atoms with van der Waals surface area (Å²) in [6.07, 6.45) is 2.68. The molecule has 1 aromatic rings. The summed E-state index contributed by atoms with van der Waals surface area (Å²) in [5.74, 6) is 0.899. The van der Waals surface area contributed by atoms with Crippen molar-refractivity contribution in [3.63, 3.8) is 0 Å². The van der Waals surface area contributed by atoms with Crippen LogP contribution in [0.4, 0.5) is 5.69 Å². The molecule has 0 heterocycles. The van der Waals surface area contributed by atoms with Gasteiger partial charge in [0.05, 0.1) is 12.3 Å². The summed E-state index contributed by atoms with van der Waals surface area (Å²) < 4.78 is 5.62. The highest BCUT2D eigenvalue weighted by Crippen LogP contribution is 2.25. The van der Waals surface area contributed by atoms with E-state index in [1.54, 1.807) is 0 Å². The molecule has 1 rings (SSSR count). The Morgan fingerprint density at radius 2 is 1.89 bits per heavy atom. The lowest BCUT2D eigenvalue weighted by Gasteiger charge is -2.15. The third-order valence-corrected chi connectivity index (χ3v) is 2.96. The lowest BCUT2D eigenvalue weighted by Crippen LogP contribution is -2.22. The average molecular weight is 249 g/mol. The second-order valence-electron chi connectivity index (χ2n) is 4.35. The van der Waals surface area contributed by atoms with E-state index in [1.165, 1.54) is 0 Å². The highest BCUT2D eigenvalue weighted by Gasteiger charge is 2.15. The Morgan fingerprint density at radius 3 is 2.50 bits per heavy atom. The molecule has 0 atom stereocenters. The minimum Gasteiger partial charge on any atom is -0.491 e. The smallest absolute Gasteiger partial charge is 0.227 e. The predicted molar refractivity (Wildman–Crippen MR) is 74.9 cm³/mol. The second-order valence-corrected chi connectivity index (χ2v) is 4.35. The van der Waals surface area contributed by atoms with Crippen LogP contribution >= 0.6 is 0 Å². The quantitative estimate of drug-likeness (QED) is 0.797. The molecular formula is C15H23NO2. The van der Waals surface area contributed by atoms with E-state index in [-0.39, 0.29) is 11.8 Å². The number of rotatable bonds is 7. The zero-order valence-electron chi connectivity index (χ0n) is 11.5. The molecule has 3 heteroatoms. The number of anilines is 1. The molecule has 0 saturated carbocycles. The first-order valence-electron chi connectivity index (χ1n) is 6.75. The standard InChI is InChI=1S/C15H23NO2/c1-4-11-18-14-10-8-7-9-13(14)16-15(17)12(5-2)6-3/h7-10,12H,4-6,11H2,1-3H3,(H,16,17). The number of nitrogens with one attached hydrogen (secondary N) is 1. The molecule has 1 amide bonds. The van der Waals surface area contributed by atoms with Crippen molar-refractivity contribution in [2.75, 3.05) is 11.9 Å². The van der Waals surface area contributed by atoms with Gasteiger partial charge in [-0.1, -0.05) is 32.9 Å². The van der Waals surface area contributed by atoms with E-state index in [2.05, 4.69) is 12.2 Å². The van der Waals surface area contributed by atoms with Crippen LogP contribution in [-0.4, -0.2) is 12.5 Å². The molecule has 0 unspecified atom stereocenters. The van der Waals surface area contributed by atoms with Gasteiger partial charge in [-0.2, -0.15) is 0 Å². The summed E-state index contributed by atoms with van der Waals surface area (Å²) in [4.78, 5) is 12.0. The normalized spacial score (nSPS) is 10.4. The van der Waals surface area contributed by atoms with Crippen LogP contribution in [0.15, 0.2) is 24.3 Å². The molecule has 18 heavy (non-hydrogen) atoms. The Bertz CT molecular complexity index is 373. The molecule has 100 valence electrons. The van der Waals surface area contributed by atoms with Gasteiger partial charge in [-0.15, -0.1) is 0 Å². The van der Waals surface area contributed by atoms with E-state index in [0.717, 1.165) is 30.7 Å². The Balaban J connectivity index is 2.73. The Kier molecular flexibility index (Phi) is 6.26. The first-order chi connectivity index (χ1) is 8.72. The van der Waals surface area contributed by atoms with Crippen molar-refractivity contribution in [3.05, 3.63) is 24.3 Å². The van der Waals surface area contributed by atoms with Crippen molar-refractivity contribution in [2.45, 2.75) is 40.0 Å². The van der Waals surface area contributed by atoms with E-state index < -0.39 is 0 Å². The lowest BCUT2D eigenvalue weighted by molar-refractivity contribution is -0.120. The highest BCUT2D eigenvalue weighted by molar-refractivity contribution is 5.93.